The van der Waals surface area contributed by atoms with Crippen LogP contribution in [-0.4, -0.2) is 6.54 Å². The van der Waals surface area contributed by atoms with E-state index in [1.54, 1.807) is 12.1 Å². The number of benzene rings is 1. The summed E-state index contributed by atoms with van der Waals surface area (Å²) >= 11 is 5.72. The highest BCUT2D eigenvalue weighted by atomic mass is 35.5. The summed E-state index contributed by atoms with van der Waals surface area (Å²) in [5.74, 6) is 0.405. The van der Waals surface area contributed by atoms with Crippen LogP contribution in [0.25, 0.3) is 0 Å². The molecule has 1 aliphatic carbocycles. The van der Waals surface area contributed by atoms with Gasteiger partial charge < -0.3 is 5.32 Å². The molecule has 1 saturated carbocycles. The maximum Gasteiger partial charge on any atom is 0.141 e. The zero-order valence-electron chi connectivity index (χ0n) is 9.31. The lowest BCUT2D eigenvalue weighted by atomic mass is 9.89. The minimum absolute atomic E-state index is 0.189. The molecule has 0 atom stereocenters. The van der Waals surface area contributed by atoms with Crippen molar-refractivity contribution in [3.8, 4) is 0 Å². The summed E-state index contributed by atoms with van der Waals surface area (Å²) in [6.07, 6.45) is 6.68. The van der Waals surface area contributed by atoms with E-state index in [9.17, 15) is 4.39 Å². The van der Waals surface area contributed by atoms with Crippen LogP contribution < -0.4 is 5.32 Å². The molecule has 88 valence electrons. The fourth-order valence-electron chi connectivity index (χ4n) is 2.26. The van der Waals surface area contributed by atoms with E-state index < -0.39 is 0 Å². The second-order valence-corrected chi connectivity index (χ2v) is 4.92. The van der Waals surface area contributed by atoms with Crippen molar-refractivity contribution in [1.82, 2.24) is 0 Å². The lowest BCUT2D eigenvalue weighted by Gasteiger charge is -2.22. The minimum atomic E-state index is -0.357. The molecule has 0 spiro atoms. The molecule has 2 rings (SSSR count). The standard InChI is InChI=1S/C13H17ClFN/c14-12-8-11(6-7-13(12)15)16-9-10-4-2-1-3-5-10/h6-8,10,16H,1-5,9H2. The van der Waals surface area contributed by atoms with Gasteiger partial charge in [0.25, 0.3) is 0 Å². The van der Waals surface area contributed by atoms with Gasteiger partial charge in [-0.2, -0.15) is 0 Å². The number of nitrogens with one attached hydrogen (secondary N) is 1. The first kappa shape index (κ1) is 11.7. The van der Waals surface area contributed by atoms with Gasteiger partial charge in [0.1, 0.15) is 5.82 Å². The average Bonchev–Trinajstić information content (AvgIpc) is 2.32. The second kappa shape index (κ2) is 5.53. The molecule has 1 nitrogen and oxygen atoms in total. The van der Waals surface area contributed by atoms with Gasteiger partial charge in [0, 0.05) is 12.2 Å². The van der Waals surface area contributed by atoms with Crippen LogP contribution >= 0.6 is 11.6 Å². The largest absolute Gasteiger partial charge is 0.385 e. The Kier molecular flexibility index (Phi) is 4.05. The normalized spacial score (nSPS) is 17.4. The van der Waals surface area contributed by atoms with E-state index in [2.05, 4.69) is 5.32 Å². The summed E-state index contributed by atoms with van der Waals surface area (Å²) in [4.78, 5) is 0. The Morgan fingerprint density at radius 3 is 2.69 bits per heavy atom. The van der Waals surface area contributed by atoms with Gasteiger partial charge in [-0.3, -0.25) is 0 Å². The van der Waals surface area contributed by atoms with Crippen molar-refractivity contribution in [2.75, 3.05) is 11.9 Å². The number of anilines is 1. The van der Waals surface area contributed by atoms with Crippen molar-refractivity contribution >= 4 is 17.3 Å². The Labute approximate surface area is 101 Å². The fourth-order valence-corrected chi connectivity index (χ4v) is 2.44. The maximum absolute atomic E-state index is 12.9. The summed E-state index contributed by atoms with van der Waals surface area (Å²) < 4.78 is 12.9. The molecule has 0 amide bonds. The first-order valence-electron chi connectivity index (χ1n) is 5.94. The summed E-state index contributed by atoms with van der Waals surface area (Å²) in [6.45, 7) is 0.974. The molecular formula is C13H17ClFN. The summed E-state index contributed by atoms with van der Waals surface area (Å²) in [7, 11) is 0. The SMILES string of the molecule is Fc1ccc(NCC2CCCCC2)cc1Cl. The van der Waals surface area contributed by atoms with Crippen molar-refractivity contribution in [3.05, 3.63) is 29.0 Å². The first-order chi connectivity index (χ1) is 7.75. The Morgan fingerprint density at radius 1 is 1.25 bits per heavy atom. The van der Waals surface area contributed by atoms with Gasteiger partial charge in [-0.05, 0) is 37.0 Å². The molecule has 0 aromatic heterocycles. The first-order valence-corrected chi connectivity index (χ1v) is 6.32. The molecular weight excluding hydrogens is 225 g/mol. The van der Waals surface area contributed by atoms with E-state index in [0.717, 1.165) is 18.2 Å². The zero-order chi connectivity index (χ0) is 11.4. The average molecular weight is 242 g/mol. The molecule has 0 unspecified atom stereocenters. The molecule has 16 heavy (non-hydrogen) atoms. The van der Waals surface area contributed by atoms with E-state index in [4.69, 9.17) is 11.6 Å². The molecule has 3 heteroatoms. The molecule has 0 saturated heterocycles. The molecule has 0 heterocycles. The lowest BCUT2D eigenvalue weighted by Crippen LogP contribution is -2.17. The van der Waals surface area contributed by atoms with Crippen LogP contribution in [0.1, 0.15) is 32.1 Å². The van der Waals surface area contributed by atoms with Crippen LogP contribution in [0.3, 0.4) is 0 Å². The highest BCUT2D eigenvalue weighted by molar-refractivity contribution is 6.31. The molecule has 1 fully saturated rings. The Hall–Kier alpha value is -0.760. The molecule has 1 aromatic rings. The van der Waals surface area contributed by atoms with E-state index in [-0.39, 0.29) is 10.8 Å². The lowest BCUT2D eigenvalue weighted by molar-refractivity contribution is 0.373. The van der Waals surface area contributed by atoms with Gasteiger partial charge >= 0.3 is 0 Å². The number of halogens is 2. The van der Waals surface area contributed by atoms with E-state index in [1.807, 2.05) is 0 Å². The fraction of sp³-hybridized carbons (Fsp3) is 0.538. The van der Waals surface area contributed by atoms with Crippen molar-refractivity contribution in [1.29, 1.82) is 0 Å². The molecule has 1 aliphatic rings. The molecule has 0 aliphatic heterocycles. The molecule has 0 radical (unpaired) electrons. The van der Waals surface area contributed by atoms with Gasteiger partial charge in [-0.15, -0.1) is 0 Å². The smallest absolute Gasteiger partial charge is 0.141 e. The predicted molar refractivity (Wildman–Crippen MR) is 66.5 cm³/mol. The zero-order valence-corrected chi connectivity index (χ0v) is 10.1. The highest BCUT2D eigenvalue weighted by Crippen LogP contribution is 2.25. The third-order valence-corrected chi connectivity index (χ3v) is 3.53. The molecule has 1 N–H and O–H groups in total. The van der Waals surface area contributed by atoms with Crippen LogP contribution in [0.5, 0.6) is 0 Å². The number of hydrogen-bond acceptors (Lipinski definition) is 1. The van der Waals surface area contributed by atoms with Crippen LogP contribution in [0.4, 0.5) is 10.1 Å². The van der Waals surface area contributed by atoms with Crippen LogP contribution in [-0.2, 0) is 0 Å². The Bertz CT molecular complexity index is 348. The maximum atomic E-state index is 12.9. The molecule has 0 bridgehead atoms. The molecule has 1 aromatic carbocycles. The van der Waals surface area contributed by atoms with E-state index in [1.165, 1.54) is 38.2 Å². The third-order valence-electron chi connectivity index (χ3n) is 3.24. The van der Waals surface area contributed by atoms with Gasteiger partial charge in [0.15, 0.2) is 0 Å². The third kappa shape index (κ3) is 3.11. The van der Waals surface area contributed by atoms with Gasteiger partial charge in [-0.25, -0.2) is 4.39 Å². The minimum Gasteiger partial charge on any atom is -0.385 e. The van der Waals surface area contributed by atoms with Gasteiger partial charge in [0.05, 0.1) is 5.02 Å². The highest BCUT2D eigenvalue weighted by Gasteiger charge is 2.12. The Balaban J connectivity index is 1.86. The van der Waals surface area contributed by atoms with Crippen molar-refractivity contribution < 1.29 is 4.39 Å². The quantitative estimate of drug-likeness (QED) is 0.823. The number of rotatable bonds is 3. The van der Waals surface area contributed by atoms with E-state index >= 15 is 0 Å². The van der Waals surface area contributed by atoms with Crippen LogP contribution in [0.15, 0.2) is 18.2 Å². The van der Waals surface area contributed by atoms with Crippen LogP contribution in [0, 0.1) is 11.7 Å². The van der Waals surface area contributed by atoms with Gasteiger partial charge in [-0.1, -0.05) is 30.9 Å². The monoisotopic (exact) mass is 241 g/mol. The van der Waals surface area contributed by atoms with Crippen molar-refractivity contribution in [3.63, 3.8) is 0 Å². The number of hydrogen-bond donors (Lipinski definition) is 1. The Morgan fingerprint density at radius 2 is 2.00 bits per heavy atom. The summed E-state index contributed by atoms with van der Waals surface area (Å²) in [5.41, 5.74) is 0.914. The van der Waals surface area contributed by atoms with Crippen molar-refractivity contribution in [2.45, 2.75) is 32.1 Å². The second-order valence-electron chi connectivity index (χ2n) is 4.51. The van der Waals surface area contributed by atoms with Crippen LogP contribution in [0.2, 0.25) is 5.02 Å². The van der Waals surface area contributed by atoms with E-state index in [0.29, 0.717) is 0 Å². The summed E-state index contributed by atoms with van der Waals surface area (Å²) in [6, 6.07) is 4.80. The van der Waals surface area contributed by atoms with Gasteiger partial charge in [0.2, 0.25) is 0 Å². The predicted octanol–water partition coefficient (Wildman–Crippen LogP) is 4.47. The topological polar surface area (TPSA) is 12.0 Å². The summed E-state index contributed by atoms with van der Waals surface area (Å²) in [5, 5.41) is 3.52. The van der Waals surface area contributed by atoms with Crippen molar-refractivity contribution in [2.24, 2.45) is 5.92 Å².